The topological polar surface area (TPSA) is 44.8 Å². The second kappa shape index (κ2) is 14.7. The van der Waals surface area contributed by atoms with Crippen molar-refractivity contribution in [2.24, 2.45) is 0 Å². The lowest BCUT2D eigenvalue weighted by Gasteiger charge is -2.25. The molecule has 5 heteroatoms. The summed E-state index contributed by atoms with van der Waals surface area (Å²) >= 11 is 0. The lowest BCUT2D eigenvalue weighted by atomic mass is 9.86. The van der Waals surface area contributed by atoms with Crippen molar-refractivity contribution in [1.29, 1.82) is 0 Å². The van der Waals surface area contributed by atoms with E-state index >= 15 is 0 Å². The maximum atomic E-state index is 12.5. The van der Waals surface area contributed by atoms with Crippen LogP contribution in [0.3, 0.4) is 0 Å². The van der Waals surface area contributed by atoms with Gasteiger partial charge < -0.3 is 13.9 Å². The average molecular weight is 451 g/mol. The van der Waals surface area contributed by atoms with Crippen LogP contribution in [0.2, 0.25) is 13.1 Å². The summed E-state index contributed by atoms with van der Waals surface area (Å²) in [7, 11) is 0.277. The first-order valence-corrected chi connectivity index (χ1v) is 15.0. The highest BCUT2D eigenvalue weighted by Gasteiger charge is 2.24. The predicted octanol–water partition coefficient (Wildman–Crippen LogP) is 7.46. The Bertz CT molecular complexity index is 637. The van der Waals surface area contributed by atoms with E-state index in [9.17, 15) is 4.79 Å². The van der Waals surface area contributed by atoms with Gasteiger partial charge in [0.1, 0.15) is 5.75 Å². The van der Waals surface area contributed by atoms with Crippen LogP contribution in [-0.2, 0) is 19.4 Å². The van der Waals surface area contributed by atoms with Crippen molar-refractivity contribution < 1.29 is 18.7 Å². The van der Waals surface area contributed by atoms with E-state index in [4.69, 9.17) is 13.9 Å². The fourth-order valence-electron chi connectivity index (χ4n) is 3.65. The zero-order valence-corrected chi connectivity index (χ0v) is 22.2. The summed E-state index contributed by atoms with van der Waals surface area (Å²) in [5, 5.41) is 0. The maximum absolute atomic E-state index is 12.5. The van der Waals surface area contributed by atoms with Gasteiger partial charge >= 0.3 is 5.97 Å². The number of methoxy groups -OCH3 is 1. The minimum Gasteiger partial charge on any atom is -0.496 e. The molecule has 0 aliphatic heterocycles. The third-order valence-electron chi connectivity index (χ3n) is 5.42. The molecule has 0 spiro atoms. The van der Waals surface area contributed by atoms with Crippen LogP contribution in [0.5, 0.6) is 5.75 Å². The summed E-state index contributed by atoms with van der Waals surface area (Å²) in [5.41, 5.74) is 1.94. The van der Waals surface area contributed by atoms with Crippen LogP contribution in [0.25, 0.3) is 0 Å². The van der Waals surface area contributed by atoms with Gasteiger partial charge in [0.05, 0.1) is 7.11 Å². The predicted molar refractivity (Wildman–Crippen MR) is 132 cm³/mol. The van der Waals surface area contributed by atoms with Crippen LogP contribution in [0.1, 0.15) is 109 Å². The number of hydrogen-bond donors (Lipinski definition) is 0. The van der Waals surface area contributed by atoms with E-state index in [0.29, 0.717) is 6.42 Å². The molecule has 31 heavy (non-hydrogen) atoms. The molecule has 0 radical (unpaired) electrons. The van der Waals surface area contributed by atoms with E-state index < -0.39 is 15.3 Å². The zero-order valence-electron chi connectivity index (χ0n) is 21.1. The fraction of sp³-hybridized carbons (Fsp3) is 0.731. The van der Waals surface area contributed by atoms with Crippen molar-refractivity contribution in [2.45, 2.75) is 117 Å². The lowest BCUT2D eigenvalue weighted by molar-refractivity contribution is -0.165. The average Bonchev–Trinajstić information content (AvgIpc) is 2.70. The van der Waals surface area contributed by atoms with Crippen molar-refractivity contribution in [3.8, 4) is 5.75 Å². The van der Waals surface area contributed by atoms with Gasteiger partial charge in [-0.25, -0.2) is 0 Å². The summed E-state index contributed by atoms with van der Waals surface area (Å²) < 4.78 is 17.4. The number of rotatable bonds is 15. The molecule has 0 fully saturated rings. The van der Waals surface area contributed by atoms with E-state index in [2.05, 4.69) is 46.9 Å². The molecule has 1 rings (SSSR count). The molecule has 0 aliphatic carbocycles. The van der Waals surface area contributed by atoms with E-state index in [-0.39, 0.29) is 11.4 Å². The smallest absolute Gasteiger partial charge is 0.308 e. The van der Waals surface area contributed by atoms with E-state index in [1.54, 1.807) is 7.11 Å². The Morgan fingerprint density at radius 3 is 2.06 bits per heavy atom. The molecular formula is C26H46O4Si. The molecule has 0 saturated carbocycles. The first-order valence-electron chi connectivity index (χ1n) is 12.2. The molecule has 0 aliphatic rings. The second-order valence-corrected chi connectivity index (χ2v) is 12.2. The SMILES string of the molecule is CCCCCCCCCCCC(=O)OC(O[SiH](C)C)c1ccc(C(C)(C)C)c(OC)c1. The summed E-state index contributed by atoms with van der Waals surface area (Å²) in [6.07, 6.45) is 10.9. The van der Waals surface area contributed by atoms with Crippen molar-refractivity contribution in [3.05, 3.63) is 29.3 Å². The van der Waals surface area contributed by atoms with Gasteiger partial charge in [0.2, 0.25) is 6.29 Å². The van der Waals surface area contributed by atoms with Gasteiger partial charge in [-0.1, -0.05) is 91.2 Å². The Balaban J connectivity index is 2.58. The van der Waals surface area contributed by atoms with Gasteiger partial charge in [-0.05, 0) is 36.6 Å². The normalized spacial score (nSPS) is 12.8. The van der Waals surface area contributed by atoms with Crippen molar-refractivity contribution >= 4 is 15.0 Å². The fourth-order valence-corrected chi connectivity index (χ4v) is 4.36. The standard InChI is InChI=1S/C26H46O4Si/c1-8-9-10-11-12-13-14-15-16-17-24(27)29-25(30-31(6)7)21-18-19-22(26(2,3)4)23(20-21)28-5/h18-20,25,31H,8-17H2,1-7H3. The van der Waals surface area contributed by atoms with E-state index in [0.717, 1.165) is 29.7 Å². The van der Waals surface area contributed by atoms with Gasteiger partial charge in [0.25, 0.3) is 0 Å². The lowest BCUT2D eigenvalue weighted by Crippen LogP contribution is -2.20. The first-order chi connectivity index (χ1) is 14.7. The van der Waals surface area contributed by atoms with Gasteiger partial charge in [0, 0.05) is 12.0 Å². The van der Waals surface area contributed by atoms with Crippen molar-refractivity contribution in [2.75, 3.05) is 7.11 Å². The van der Waals surface area contributed by atoms with Crippen LogP contribution in [0.4, 0.5) is 0 Å². The second-order valence-electron chi connectivity index (χ2n) is 9.79. The molecule has 178 valence electrons. The molecule has 1 aromatic carbocycles. The number of benzene rings is 1. The third kappa shape index (κ3) is 11.2. The number of unbranched alkanes of at least 4 members (excludes halogenated alkanes) is 8. The molecule has 1 aromatic rings. The summed E-state index contributed by atoms with van der Waals surface area (Å²) in [6, 6.07) is 6.00. The molecular weight excluding hydrogens is 404 g/mol. The highest BCUT2D eigenvalue weighted by atomic mass is 28.3. The minimum atomic E-state index is -1.40. The molecule has 0 aromatic heterocycles. The van der Waals surface area contributed by atoms with Gasteiger partial charge in [0.15, 0.2) is 9.04 Å². The number of hydrogen-bond acceptors (Lipinski definition) is 4. The molecule has 4 nitrogen and oxygen atoms in total. The Morgan fingerprint density at radius 1 is 0.968 bits per heavy atom. The molecule has 0 heterocycles. The zero-order chi connectivity index (χ0) is 23.3. The van der Waals surface area contributed by atoms with Crippen LogP contribution in [0, 0.1) is 0 Å². The van der Waals surface area contributed by atoms with E-state index in [1.807, 2.05) is 12.1 Å². The van der Waals surface area contributed by atoms with E-state index in [1.165, 1.54) is 44.9 Å². The highest BCUT2D eigenvalue weighted by Crippen LogP contribution is 2.34. The Labute approximate surface area is 192 Å². The Kier molecular flexibility index (Phi) is 13.1. The molecule has 0 N–H and O–H groups in total. The quantitative estimate of drug-likeness (QED) is 0.120. The molecule has 0 saturated heterocycles. The van der Waals surface area contributed by atoms with Crippen LogP contribution >= 0.6 is 0 Å². The number of ether oxygens (including phenoxy) is 2. The summed E-state index contributed by atoms with van der Waals surface area (Å²) in [6.45, 7) is 12.9. The highest BCUT2D eigenvalue weighted by molar-refractivity contribution is 6.48. The van der Waals surface area contributed by atoms with Crippen molar-refractivity contribution in [3.63, 3.8) is 0 Å². The molecule has 1 unspecified atom stereocenters. The number of esters is 1. The Morgan fingerprint density at radius 2 is 1.55 bits per heavy atom. The van der Waals surface area contributed by atoms with Crippen LogP contribution in [-0.4, -0.2) is 22.1 Å². The van der Waals surface area contributed by atoms with Crippen LogP contribution < -0.4 is 4.74 Å². The van der Waals surface area contributed by atoms with Crippen molar-refractivity contribution in [1.82, 2.24) is 0 Å². The minimum absolute atomic E-state index is 0.0281. The maximum Gasteiger partial charge on any atom is 0.308 e. The van der Waals surface area contributed by atoms with Gasteiger partial charge in [-0.2, -0.15) is 0 Å². The van der Waals surface area contributed by atoms with Crippen LogP contribution in [0.15, 0.2) is 18.2 Å². The summed E-state index contributed by atoms with van der Waals surface area (Å²) in [4.78, 5) is 12.5. The first kappa shape index (κ1) is 27.7. The third-order valence-corrected chi connectivity index (χ3v) is 6.22. The molecule has 1 atom stereocenters. The number of carbonyl (C=O) groups is 1. The molecule has 0 amide bonds. The monoisotopic (exact) mass is 450 g/mol. The Hall–Kier alpha value is -1.33. The molecule has 0 bridgehead atoms. The number of carbonyl (C=O) groups excluding carboxylic acids is 1. The largest absolute Gasteiger partial charge is 0.496 e. The van der Waals surface area contributed by atoms with Gasteiger partial charge in [-0.3, -0.25) is 4.79 Å². The van der Waals surface area contributed by atoms with Gasteiger partial charge in [-0.15, -0.1) is 0 Å². The summed E-state index contributed by atoms with van der Waals surface area (Å²) in [5.74, 6) is 0.625.